The molecule has 3 nitrogen and oxygen atoms in total. The highest BCUT2D eigenvalue weighted by Crippen LogP contribution is 2.19. The number of hydrogen-bond acceptors (Lipinski definition) is 3. The standard InChI is InChI=1S/C16H19NO2/c1-12(18)16(17)14-7-9-15(10-8-14)19-11-13-5-3-2-4-6-13/h2-10,12,16,18H,11,17H2,1H3/t12-,16-/m1/s1. The zero-order valence-corrected chi connectivity index (χ0v) is 11.0. The lowest BCUT2D eigenvalue weighted by atomic mass is 10.0. The Kier molecular flexibility index (Phi) is 4.55. The van der Waals surface area contributed by atoms with Gasteiger partial charge in [-0.05, 0) is 30.2 Å². The SMILES string of the molecule is C[C@@H](O)[C@@H](N)c1ccc(OCc2ccccc2)cc1. The summed E-state index contributed by atoms with van der Waals surface area (Å²) in [6, 6.07) is 17.2. The maximum Gasteiger partial charge on any atom is 0.119 e. The molecule has 100 valence electrons. The summed E-state index contributed by atoms with van der Waals surface area (Å²) in [5.74, 6) is 0.797. The Labute approximate surface area is 113 Å². The Hall–Kier alpha value is -1.84. The average Bonchev–Trinajstić information content (AvgIpc) is 2.46. The van der Waals surface area contributed by atoms with E-state index in [0.29, 0.717) is 6.61 Å². The fourth-order valence-corrected chi connectivity index (χ4v) is 1.81. The van der Waals surface area contributed by atoms with Crippen molar-refractivity contribution in [2.45, 2.75) is 25.7 Å². The number of nitrogens with two attached hydrogens (primary N) is 1. The first kappa shape index (κ1) is 13.6. The van der Waals surface area contributed by atoms with E-state index in [4.69, 9.17) is 10.5 Å². The Morgan fingerprint density at radius 3 is 2.26 bits per heavy atom. The summed E-state index contributed by atoms with van der Waals surface area (Å²) in [5, 5.41) is 9.44. The van der Waals surface area contributed by atoms with Crippen LogP contribution >= 0.6 is 0 Å². The summed E-state index contributed by atoms with van der Waals surface area (Å²) in [6.07, 6.45) is -0.559. The molecule has 0 saturated carbocycles. The van der Waals surface area contributed by atoms with Gasteiger partial charge in [-0.25, -0.2) is 0 Å². The molecule has 0 saturated heterocycles. The number of ether oxygens (including phenoxy) is 1. The number of aliphatic hydroxyl groups is 1. The monoisotopic (exact) mass is 257 g/mol. The molecular formula is C16H19NO2. The van der Waals surface area contributed by atoms with Gasteiger partial charge in [-0.3, -0.25) is 0 Å². The van der Waals surface area contributed by atoms with Crippen molar-refractivity contribution in [1.29, 1.82) is 0 Å². The maximum absolute atomic E-state index is 9.44. The van der Waals surface area contributed by atoms with Crippen molar-refractivity contribution in [2.75, 3.05) is 0 Å². The van der Waals surface area contributed by atoms with Crippen molar-refractivity contribution in [3.63, 3.8) is 0 Å². The summed E-state index contributed by atoms with van der Waals surface area (Å²) in [4.78, 5) is 0. The van der Waals surface area contributed by atoms with Gasteiger partial charge in [0.05, 0.1) is 12.1 Å². The summed E-state index contributed by atoms with van der Waals surface area (Å²) >= 11 is 0. The molecule has 0 spiro atoms. The van der Waals surface area contributed by atoms with Gasteiger partial charge in [0.2, 0.25) is 0 Å². The Morgan fingerprint density at radius 2 is 1.68 bits per heavy atom. The molecule has 0 amide bonds. The van der Waals surface area contributed by atoms with Gasteiger partial charge in [0.1, 0.15) is 12.4 Å². The number of hydrogen-bond donors (Lipinski definition) is 2. The lowest BCUT2D eigenvalue weighted by Gasteiger charge is -2.15. The minimum Gasteiger partial charge on any atom is -0.489 e. The van der Waals surface area contributed by atoms with Gasteiger partial charge < -0.3 is 15.6 Å². The molecule has 2 aromatic carbocycles. The van der Waals surface area contributed by atoms with Crippen molar-refractivity contribution in [1.82, 2.24) is 0 Å². The van der Waals surface area contributed by atoms with Crippen LogP contribution in [0.25, 0.3) is 0 Å². The van der Waals surface area contributed by atoms with Crippen molar-refractivity contribution < 1.29 is 9.84 Å². The second-order valence-electron chi connectivity index (χ2n) is 4.61. The summed E-state index contributed by atoms with van der Waals surface area (Å²) < 4.78 is 5.68. The van der Waals surface area contributed by atoms with E-state index in [2.05, 4.69) is 0 Å². The molecule has 3 N–H and O–H groups in total. The third kappa shape index (κ3) is 3.81. The molecule has 0 aliphatic heterocycles. The minimum absolute atomic E-state index is 0.358. The van der Waals surface area contributed by atoms with Gasteiger partial charge in [0, 0.05) is 0 Å². The molecule has 0 aliphatic carbocycles. The van der Waals surface area contributed by atoms with Gasteiger partial charge in [-0.1, -0.05) is 42.5 Å². The third-order valence-corrected chi connectivity index (χ3v) is 3.03. The first-order valence-corrected chi connectivity index (χ1v) is 6.37. The lowest BCUT2D eigenvalue weighted by Crippen LogP contribution is -2.22. The second-order valence-corrected chi connectivity index (χ2v) is 4.61. The largest absolute Gasteiger partial charge is 0.489 e. The molecule has 0 aromatic heterocycles. The van der Waals surface area contributed by atoms with E-state index in [0.717, 1.165) is 16.9 Å². The topological polar surface area (TPSA) is 55.5 Å². The number of rotatable bonds is 5. The highest BCUT2D eigenvalue weighted by Gasteiger charge is 2.11. The van der Waals surface area contributed by atoms with Crippen LogP contribution in [0.1, 0.15) is 24.1 Å². The molecular weight excluding hydrogens is 238 g/mol. The predicted octanol–water partition coefficient (Wildman–Crippen LogP) is 2.65. The smallest absolute Gasteiger partial charge is 0.119 e. The van der Waals surface area contributed by atoms with E-state index in [1.54, 1.807) is 6.92 Å². The molecule has 2 atom stereocenters. The van der Waals surface area contributed by atoms with Gasteiger partial charge in [-0.2, -0.15) is 0 Å². The Balaban J connectivity index is 1.96. The normalized spacial score (nSPS) is 13.8. The Bertz CT molecular complexity index is 494. The molecule has 0 bridgehead atoms. The maximum atomic E-state index is 9.44. The van der Waals surface area contributed by atoms with Crippen LogP contribution in [-0.2, 0) is 6.61 Å². The first-order valence-electron chi connectivity index (χ1n) is 6.37. The van der Waals surface area contributed by atoms with Crippen LogP contribution in [0.3, 0.4) is 0 Å². The molecule has 0 heterocycles. The van der Waals surface area contributed by atoms with Crippen LogP contribution in [0.4, 0.5) is 0 Å². The average molecular weight is 257 g/mol. The minimum atomic E-state index is -0.559. The van der Waals surface area contributed by atoms with E-state index in [1.165, 1.54) is 0 Å². The summed E-state index contributed by atoms with van der Waals surface area (Å²) in [6.45, 7) is 2.23. The molecule has 0 unspecified atom stereocenters. The predicted molar refractivity (Wildman–Crippen MR) is 75.8 cm³/mol. The van der Waals surface area contributed by atoms with Gasteiger partial charge >= 0.3 is 0 Å². The van der Waals surface area contributed by atoms with E-state index in [-0.39, 0.29) is 6.04 Å². The zero-order chi connectivity index (χ0) is 13.7. The summed E-state index contributed by atoms with van der Waals surface area (Å²) in [5.41, 5.74) is 7.90. The van der Waals surface area contributed by atoms with E-state index in [1.807, 2.05) is 54.6 Å². The quantitative estimate of drug-likeness (QED) is 0.865. The van der Waals surface area contributed by atoms with Crippen molar-refractivity contribution >= 4 is 0 Å². The van der Waals surface area contributed by atoms with Crippen molar-refractivity contribution in [2.24, 2.45) is 5.73 Å². The van der Waals surface area contributed by atoms with Gasteiger partial charge in [-0.15, -0.1) is 0 Å². The molecule has 2 aromatic rings. The fraction of sp³-hybridized carbons (Fsp3) is 0.250. The Morgan fingerprint density at radius 1 is 1.05 bits per heavy atom. The summed E-state index contributed by atoms with van der Waals surface area (Å²) in [7, 11) is 0. The van der Waals surface area contributed by atoms with E-state index >= 15 is 0 Å². The van der Waals surface area contributed by atoms with Crippen LogP contribution in [0.15, 0.2) is 54.6 Å². The van der Waals surface area contributed by atoms with Gasteiger partial charge in [0.25, 0.3) is 0 Å². The molecule has 19 heavy (non-hydrogen) atoms. The van der Waals surface area contributed by atoms with Crippen LogP contribution in [0.2, 0.25) is 0 Å². The molecule has 0 fully saturated rings. The number of benzene rings is 2. The van der Waals surface area contributed by atoms with E-state index in [9.17, 15) is 5.11 Å². The highest BCUT2D eigenvalue weighted by atomic mass is 16.5. The number of aliphatic hydroxyl groups excluding tert-OH is 1. The lowest BCUT2D eigenvalue weighted by molar-refractivity contribution is 0.164. The molecule has 3 heteroatoms. The van der Waals surface area contributed by atoms with Crippen LogP contribution < -0.4 is 10.5 Å². The third-order valence-electron chi connectivity index (χ3n) is 3.03. The first-order chi connectivity index (χ1) is 9.16. The van der Waals surface area contributed by atoms with Crippen LogP contribution in [0.5, 0.6) is 5.75 Å². The van der Waals surface area contributed by atoms with Crippen molar-refractivity contribution in [3.8, 4) is 5.75 Å². The van der Waals surface area contributed by atoms with Gasteiger partial charge in [0.15, 0.2) is 0 Å². The molecule has 0 aliphatic rings. The van der Waals surface area contributed by atoms with E-state index < -0.39 is 6.10 Å². The fourth-order valence-electron chi connectivity index (χ4n) is 1.81. The van der Waals surface area contributed by atoms with Crippen molar-refractivity contribution in [3.05, 3.63) is 65.7 Å². The highest BCUT2D eigenvalue weighted by molar-refractivity contribution is 5.29. The molecule has 2 rings (SSSR count). The van der Waals surface area contributed by atoms with Crippen LogP contribution in [0, 0.1) is 0 Å². The van der Waals surface area contributed by atoms with Crippen LogP contribution in [-0.4, -0.2) is 11.2 Å². The molecule has 0 radical (unpaired) electrons. The second kappa shape index (κ2) is 6.36. The zero-order valence-electron chi connectivity index (χ0n) is 11.0.